The van der Waals surface area contributed by atoms with E-state index in [1.54, 1.807) is 30.0 Å². The van der Waals surface area contributed by atoms with Gasteiger partial charge >= 0.3 is 5.97 Å². The fourth-order valence-electron chi connectivity index (χ4n) is 4.20. The predicted molar refractivity (Wildman–Crippen MR) is 131 cm³/mol. The van der Waals surface area contributed by atoms with Crippen LogP contribution in [0.3, 0.4) is 0 Å². The van der Waals surface area contributed by atoms with Crippen LogP contribution in [0.4, 0.5) is 0 Å². The average Bonchev–Trinajstić information content (AvgIpc) is 3.12. The molecule has 10 heteroatoms. The average molecular weight is 499 g/mol. The van der Waals surface area contributed by atoms with Crippen molar-refractivity contribution in [2.24, 2.45) is 4.99 Å². The van der Waals surface area contributed by atoms with Gasteiger partial charge in [-0.05, 0) is 31.0 Å². The van der Waals surface area contributed by atoms with E-state index in [0.717, 1.165) is 19.6 Å². The Hall–Kier alpha value is -3.24. The van der Waals surface area contributed by atoms with Crippen LogP contribution >= 0.6 is 0 Å². The number of rotatable bonds is 8. The molecule has 2 heterocycles. The molecule has 186 valence electrons. The molecule has 2 aromatic carbocycles. The summed E-state index contributed by atoms with van der Waals surface area (Å²) in [5.74, 6) is -0.375. The van der Waals surface area contributed by atoms with Crippen LogP contribution in [0.1, 0.15) is 30.9 Å². The first-order valence-corrected chi connectivity index (χ1v) is 13.2. The summed E-state index contributed by atoms with van der Waals surface area (Å²) in [5.41, 5.74) is 1.77. The highest BCUT2D eigenvalue weighted by molar-refractivity contribution is 7.90. The summed E-state index contributed by atoms with van der Waals surface area (Å²) in [4.78, 5) is 33.5. The number of esters is 1. The molecular weight excluding hydrogens is 468 g/mol. The molecule has 0 aromatic heterocycles. The van der Waals surface area contributed by atoms with Crippen molar-refractivity contribution < 1.29 is 22.7 Å². The van der Waals surface area contributed by atoms with Crippen LogP contribution in [-0.4, -0.2) is 74.8 Å². The van der Waals surface area contributed by atoms with E-state index >= 15 is 0 Å². The Morgan fingerprint density at radius 3 is 2.46 bits per heavy atom. The van der Waals surface area contributed by atoms with E-state index in [9.17, 15) is 18.0 Å². The minimum absolute atomic E-state index is 0.0909. The van der Waals surface area contributed by atoms with Crippen molar-refractivity contribution in [1.82, 2.24) is 14.5 Å². The fourth-order valence-corrected chi connectivity index (χ4v) is 5.45. The highest BCUT2D eigenvalue weighted by Crippen LogP contribution is 2.22. The number of fused-ring (bicyclic) bond motifs is 1. The summed E-state index contributed by atoms with van der Waals surface area (Å²) in [5, 5.41) is 0. The quantitative estimate of drug-likeness (QED) is 0.439. The third kappa shape index (κ3) is 6.26. The first-order chi connectivity index (χ1) is 16.8. The number of carbonyl (C=O) groups is 2. The fraction of sp³-hybridized carbons (Fsp3) is 0.400. The molecule has 1 atom stereocenters. The zero-order valence-electron chi connectivity index (χ0n) is 19.7. The SMILES string of the molecule is CC(OC(=O)CCCN=C1NS(=O)(=O)c2ccccc21)C(=O)N1CCN(Cc2ccccc2)CC1. The third-order valence-electron chi connectivity index (χ3n) is 6.06. The Balaban J connectivity index is 1.18. The van der Waals surface area contributed by atoms with Crippen molar-refractivity contribution in [1.29, 1.82) is 0 Å². The van der Waals surface area contributed by atoms with E-state index in [1.807, 2.05) is 18.2 Å². The number of ether oxygens (including phenoxy) is 1. The number of aliphatic imine (C=N–C) groups is 1. The van der Waals surface area contributed by atoms with E-state index in [2.05, 4.69) is 26.7 Å². The van der Waals surface area contributed by atoms with E-state index in [0.29, 0.717) is 25.1 Å². The number of hydrogen-bond acceptors (Lipinski definition) is 7. The van der Waals surface area contributed by atoms with Gasteiger partial charge in [0.15, 0.2) is 6.10 Å². The molecule has 0 bridgehead atoms. The van der Waals surface area contributed by atoms with Crippen molar-refractivity contribution in [3.63, 3.8) is 0 Å². The second-order valence-electron chi connectivity index (χ2n) is 8.65. The Morgan fingerprint density at radius 1 is 1.03 bits per heavy atom. The monoisotopic (exact) mass is 498 g/mol. The number of amides is 1. The second kappa shape index (κ2) is 11.0. The van der Waals surface area contributed by atoms with Crippen LogP contribution in [0.15, 0.2) is 64.5 Å². The zero-order valence-corrected chi connectivity index (χ0v) is 20.5. The van der Waals surface area contributed by atoms with Gasteiger partial charge in [-0.25, -0.2) is 8.42 Å². The van der Waals surface area contributed by atoms with Gasteiger partial charge in [0.1, 0.15) is 5.84 Å². The normalized spacial score (nSPS) is 19.1. The van der Waals surface area contributed by atoms with Crippen LogP contribution in [0.5, 0.6) is 0 Å². The molecule has 0 spiro atoms. The van der Waals surface area contributed by atoms with Crippen LogP contribution < -0.4 is 4.72 Å². The number of sulfonamides is 1. The van der Waals surface area contributed by atoms with E-state index < -0.39 is 22.1 Å². The lowest BCUT2D eigenvalue weighted by atomic mass is 10.2. The summed E-state index contributed by atoms with van der Waals surface area (Å²) >= 11 is 0. The highest BCUT2D eigenvalue weighted by atomic mass is 32.2. The molecule has 4 rings (SSSR count). The van der Waals surface area contributed by atoms with Gasteiger partial charge < -0.3 is 9.64 Å². The number of nitrogens with one attached hydrogen (secondary N) is 1. The van der Waals surface area contributed by atoms with Gasteiger partial charge in [-0.15, -0.1) is 0 Å². The van der Waals surface area contributed by atoms with Crippen molar-refractivity contribution >= 4 is 27.7 Å². The van der Waals surface area contributed by atoms with Gasteiger partial charge in [-0.3, -0.25) is 24.2 Å². The molecular formula is C25H30N4O5S. The smallest absolute Gasteiger partial charge is 0.306 e. The summed E-state index contributed by atoms with van der Waals surface area (Å²) < 4.78 is 32.0. The highest BCUT2D eigenvalue weighted by Gasteiger charge is 2.30. The van der Waals surface area contributed by atoms with E-state index in [1.165, 1.54) is 11.6 Å². The van der Waals surface area contributed by atoms with Crippen molar-refractivity contribution in [2.75, 3.05) is 32.7 Å². The number of piperazine rings is 1. The Morgan fingerprint density at radius 2 is 1.71 bits per heavy atom. The van der Waals surface area contributed by atoms with Gasteiger partial charge in [-0.2, -0.15) is 0 Å². The summed E-state index contributed by atoms with van der Waals surface area (Å²) in [6, 6.07) is 16.8. The number of benzene rings is 2. The van der Waals surface area contributed by atoms with Crippen LogP contribution in [-0.2, 0) is 30.9 Å². The maximum atomic E-state index is 12.7. The van der Waals surface area contributed by atoms with Crippen LogP contribution in [0, 0.1) is 0 Å². The number of hydrogen-bond donors (Lipinski definition) is 1. The summed E-state index contributed by atoms with van der Waals surface area (Å²) in [6.45, 7) is 5.45. The lowest BCUT2D eigenvalue weighted by Gasteiger charge is -2.35. The molecule has 2 aliphatic rings. The van der Waals surface area contributed by atoms with Crippen LogP contribution in [0.25, 0.3) is 0 Å². The summed E-state index contributed by atoms with van der Waals surface area (Å²) in [6.07, 6.45) is -0.373. The molecule has 1 saturated heterocycles. The van der Waals surface area contributed by atoms with Crippen molar-refractivity contribution in [3.05, 3.63) is 65.7 Å². The third-order valence-corrected chi connectivity index (χ3v) is 7.46. The molecule has 0 aliphatic carbocycles. The lowest BCUT2D eigenvalue weighted by molar-refractivity contribution is -0.160. The van der Waals surface area contributed by atoms with Crippen LogP contribution in [0.2, 0.25) is 0 Å². The Kier molecular flexibility index (Phi) is 7.82. The molecule has 1 amide bonds. The first kappa shape index (κ1) is 24.9. The van der Waals surface area contributed by atoms with Gasteiger partial charge in [0.25, 0.3) is 15.9 Å². The Labute approximate surface area is 205 Å². The number of nitrogens with zero attached hydrogens (tertiary/aromatic N) is 3. The predicted octanol–water partition coefficient (Wildman–Crippen LogP) is 1.78. The van der Waals surface area contributed by atoms with Crippen molar-refractivity contribution in [3.8, 4) is 0 Å². The largest absolute Gasteiger partial charge is 0.453 e. The minimum atomic E-state index is -3.58. The Bertz CT molecular complexity index is 1190. The van der Waals surface area contributed by atoms with Gasteiger partial charge in [0.05, 0.1) is 4.90 Å². The number of carbonyl (C=O) groups excluding carboxylic acids is 2. The molecule has 0 saturated carbocycles. The molecule has 35 heavy (non-hydrogen) atoms. The van der Waals surface area contributed by atoms with Crippen molar-refractivity contribution in [2.45, 2.75) is 37.3 Å². The topological polar surface area (TPSA) is 108 Å². The first-order valence-electron chi connectivity index (χ1n) is 11.7. The molecule has 1 fully saturated rings. The molecule has 2 aliphatic heterocycles. The summed E-state index contributed by atoms with van der Waals surface area (Å²) in [7, 11) is -3.58. The molecule has 0 radical (unpaired) electrons. The molecule has 1 N–H and O–H groups in total. The van der Waals surface area contributed by atoms with Gasteiger partial charge in [-0.1, -0.05) is 42.5 Å². The minimum Gasteiger partial charge on any atom is -0.453 e. The van der Waals surface area contributed by atoms with Gasteiger partial charge in [0, 0.05) is 51.3 Å². The van der Waals surface area contributed by atoms with E-state index in [4.69, 9.17) is 4.74 Å². The number of amidine groups is 1. The maximum Gasteiger partial charge on any atom is 0.306 e. The van der Waals surface area contributed by atoms with E-state index in [-0.39, 0.29) is 29.6 Å². The standard InChI is InChI=1S/C25H30N4O5S/c1-19(25(31)29-16-14-28(15-17-29)18-20-8-3-2-4-9-20)34-23(30)12-7-13-26-24-21-10-5-6-11-22(21)35(32,33)27-24/h2-6,8-11,19H,7,12-18H2,1H3,(H,26,27). The van der Waals surface area contributed by atoms with Gasteiger partial charge in [0.2, 0.25) is 0 Å². The molecule has 2 aromatic rings. The zero-order chi connectivity index (χ0) is 24.8. The lowest BCUT2D eigenvalue weighted by Crippen LogP contribution is -2.51. The maximum absolute atomic E-state index is 12.7. The molecule has 1 unspecified atom stereocenters. The second-order valence-corrected chi connectivity index (χ2v) is 10.3. The molecule has 9 nitrogen and oxygen atoms in total.